The Morgan fingerprint density at radius 3 is 2.68 bits per heavy atom. The molecular weight excluding hydrogens is 487 g/mol. The van der Waals surface area contributed by atoms with Gasteiger partial charge in [-0.15, -0.1) is 0 Å². The SMILES string of the molecule is O=P(O)(O)OC[C@H]1OC(Oc2c(F)cc(F)c(O)c2CNc2ncnc3nc[nH]c23)[C@H](O)[C@@H]1O. The Bertz CT molecular complexity index is 1240. The molecule has 2 aromatic heterocycles. The summed E-state index contributed by atoms with van der Waals surface area (Å²) >= 11 is 0. The molecular formula is C17H18F2N5O9P. The quantitative estimate of drug-likeness (QED) is 0.199. The predicted octanol–water partition coefficient (Wildman–Crippen LogP) is -0.116. The number of hydrogen-bond acceptors (Lipinski definition) is 11. The molecule has 7 N–H and O–H groups in total. The molecule has 0 aliphatic carbocycles. The Balaban J connectivity index is 1.57. The van der Waals surface area contributed by atoms with Crippen LogP contribution < -0.4 is 10.1 Å². The molecule has 1 fully saturated rings. The minimum atomic E-state index is -4.90. The Labute approximate surface area is 188 Å². The van der Waals surface area contributed by atoms with E-state index in [1.807, 2.05) is 0 Å². The molecule has 1 saturated heterocycles. The molecule has 1 aliphatic heterocycles. The van der Waals surface area contributed by atoms with Crippen LogP contribution in [0.25, 0.3) is 11.2 Å². The van der Waals surface area contributed by atoms with E-state index in [2.05, 4.69) is 29.8 Å². The van der Waals surface area contributed by atoms with Crippen LogP contribution in [0.1, 0.15) is 5.56 Å². The van der Waals surface area contributed by atoms with Crippen LogP contribution in [0, 0.1) is 11.6 Å². The number of nitrogens with zero attached hydrogens (tertiary/aromatic N) is 3. The molecule has 17 heteroatoms. The summed E-state index contributed by atoms with van der Waals surface area (Å²) in [7, 11) is -4.90. The van der Waals surface area contributed by atoms with Crippen LogP contribution >= 0.6 is 7.82 Å². The van der Waals surface area contributed by atoms with Crippen molar-refractivity contribution in [3.63, 3.8) is 0 Å². The lowest BCUT2D eigenvalue weighted by Crippen LogP contribution is -2.36. The molecule has 184 valence electrons. The fourth-order valence-electron chi connectivity index (χ4n) is 3.24. The number of aromatic hydroxyl groups is 1. The van der Waals surface area contributed by atoms with E-state index in [9.17, 15) is 28.7 Å². The summed E-state index contributed by atoms with van der Waals surface area (Å²) in [5, 5.41) is 33.2. The van der Waals surface area contributed by atoms with Crippen molar-refractivity contribution in [3.8, 4) is 11.5 Å². The van der Waals surface area contributed by atoms with Crippen molar-refractivity contribution in [2.75, 3.05) is 11.9 Å². The first kappa shape index (κ1) is 24.2. The zero-order valence-electron chi connectivity index (χ0n) is 16.9. The van der Waals surface area contributed by atoms with E-state index in [0.717, 1.165) is 0 Å². The van der Waals surface area contributed by atoms with Gasteiger partial charge in [0.2, 0.25) is 6.29 Å². The number of anilines is 1. The lowest BCUT2D eigenvalue weighted by atomic mass is 10.1. The smallest absolute Gasteiger partial charge is 0.469 e. The molecule has 3 heterocycles. The summed E-state index contributed by atoms with van der Waals surface area (Å²) in [5.74, 6) is -4.04. The number of halogens is 2. The number of phenolic OH excluding ortho intramolecular Hbond substituents is 1. The number of aliphatic hydroxyl groups is 2. The van der Waals surface area contributed by atoms with E-state index in [1.165, 1.54) is 12.7 Å². The summed E-state index contributed by atoms with van der Waals surface area (Å²) in [4.78, 5) is 32.2. The number of H-pyrrole nitrogens is 1. The van der Waals surface area contributed by atoms with Gasteiger partial charge in [0, 0.05) is 12.6 Å². The number of benzene rings is 1. The van der Waals surface area contributed by atoms with Gasteiger partial charge in [-0.3, -0.25) is 4.52 Å². The molecule has 0 saturated carbocycles. The van der Waals surface area contributed by atoms with Crippen molar-refractivity contribution < 1.29 is 52.4 Å². The van der Waals surface area contributed by atoms with Crippen molar-refractivity contribution in [1.29, 1.82) is 0 Å². The van der Waals surface area contributed by atoms with Gasteiger partial charge in [0.1, 0.15) is 30.2 Å². The van der Waals surface area contributed by atoms with Crippen LogP contribution in [-0.4, -0.2) is 76.3 Å². The summed E-state index contributed by atoms with van der Waals surface area (Å²) < 4.78 is 54.3. The zero-order valence-corrected chi connectivity index (χ0v) is 17.8. The third-order valence-electron chi connectivity index (χ3n) is 4.87. The Morgan fingerprint density at radius 1 is 1.18 bits per heavy atom. The van der Waals surface area contributed by atoms with Gasteiger partial charge in [0.25, 0.3) is 0 Å². The number of aromatic amines is 1. The first-order chi connectivity index (χ1) is 16.0. The first-order valence-electron chi connectivity index (χ1n) is 9.51. The van der Waals surface area contributed by atoms with E-state index in [4.69, 9.17) is 19.3 Å². The third kappa shape index (κ3) is 4.92. The van der Waals surface area contributed by atoms with Gasteiger partial charge in [0.15, 0.2) is 34.6 Å². The van der Waals surface area contributed by atoms with Gasteiger partial charge in [-0.1, -0.05) is 0 Å². The normalized spacial score (nSPS) is 22.9. The fourth-order valence-corrected chi connectivity index (χ4v) is 3.58. The molecule has 34 heavy (non-hydrogen) atoms. The van der Waals surface area contributed by atoms with Crippen molar-refractivity contribution in [3.05, 3.63) is 35.9 Å². The maximum atomic E-state index is 14.6. The number of rotatable bonds is 8. The number of hydrogen-bond donors (Lipinski definition) is 7. The summed E-state index contributed by atoms with van der Waals surface area (Å²) in [6.45, 7) is -1.24. The molecule has 14 nitrogen and oxygen atoms in total. The number of phenols is 1. The number of aromatic nitrogens is 4. The number of phosphoric ester groups is 1. The maximum absolute atomic E-state index is 14.6. The Kier molecular flexibility index (Phi) is 6.64. The second kappa shape index (κ2) is 9.34. The highest BCUT2D eigenvalue weighted by Crippen LogP contribution is 2.39. The number of aliphatic hydroxyl groups excluding tert-OH is 2. The minimum Gasteiger partial charge on any atom is -0.504 e. The number of phosphoric acid groups is 1. The third-order valence-corrected chi connectivity index (χ3v) is 5.36. The Morgan fingerprint density at radius 2 is 1.94 bits per heavy atom. The van der Waals surface area contributed by atoms with Gasteiger partial charge >= 0.3 is 7.82 Å². The second-order valence-corrected chi connectivity index (χ2v) is 8.34. The molecule has 4 rings (SSSR count). The van der Waals surface area contributed by atoms with Crippen molar-refractivity contribution in [2.24, 2.45) is 0 Å². The highest BCUT2D eigenvalue weighted by molar-refractivity contribution is 7.46. The van der Waals surface area contributed by atoms with E-state index >= 15 is 0 Å². The number of nitrogens with one attached hydrogen (secondary N) is 2. The fraction of sp³-hybridized carbons (Fsp3) is 0.353. The van der Waals surface area contributed by atoms with Gasteiger partial charge in [0.05, 0.1) is 18.5 Å². The van der Waals surface area contributed by atoms with Crippen LogP contribution in [0.3, 0.4) is 0 Å². The number of fused-ring (bicyclic) bond motifs is 1. The topological polar surface area (TPSA) is 212 Å². The molecule has 1 unspecified atom stereocenters. The molecule has 0 spiro atoms. The summed E-state index contributed by atoms with van der Waals surface area (Å²) in [5.41, 5.74) is 0.277. The monoisotopic (exact) mass is 505 g/mol. The molecule has 0 radical (unpaired) electrons. The molecule has 0 amide bonds. The maximum Gasteiger partial charge on any atom is 0.469 e. The van der Waals surface area contributed by atoms with Crippen LogP contribution in [0.15, 0.2) is 18.7 Å². The number of imidazole rings is 1. The van der Waals surface area contributed by atoms with Crippen LogP contribution in [-0.2, 0) is 20.4 Å². The Hall–Kier alpha value is -2.98. The lowest BCUT2D eigenvalue weighted by molar-refractivity contribution is -0.117. The highest BCUT2D eigenvalue weighted by Gasteiger charge is 2.45. The first-order valence-corrected chi connectivity index (χ1v) is 11.0. The molecule has 1 aliphatic rings. The van der Waals surface area contributed by atoms with Crippen molar-refractivity contribution >= 4 is 24.8 Å². The minimum absolute atomic E-state index is 0.194. The zero-order chi connectivity index (χ0) is 24.6. The molecule has 4 atom stereocenters. The van der Waals surface area contributed by atoms with Gasteiger partial charge in [-0.05, 0) is 0 Å². The van der Waals surface area contributed by atoms with Gasteiger partial charge in [-0.2, -0.15) is 0 Å². The van der Waals surface area contributed by atoms with E-state index in [1.54, 1.807) is 0 Å². The molecule has 0 bridgehead atoms. The second-order valence-electron chi connectivity index (χ2n) is 7.10. The average Bonchev–Trinajstić information content (AvgIpc) is 3.36. The van der Waals surface area contributed by atoms with E-state index < -0.39 is 74.3 Å². The predicted molar refractivity (Wildman–Crippen MR) is 106 cm³/mol. The van der Waals surface area contributed by atoms with Gasteiger partial charge in [-0.25, -0.2) is 28.3 Å². The highest BCUT2D eigenvalue weighted by atomic mass is 31.2. The molecule has 1 aromatic carbocycles. The standard InChI is InChI=1S/C17H18F2N5O9P/c18-7-1-8(19)14(33-17-13(27)12(26)9(32-17)3-31-34(28,29)30)6(11(7)25)2-20-15-10-16(22-4-21-10)24-5-23-15/h1,4-5,9,12-13,17,25-27H,2-3H2,(H2,28,29,30)(H2,20,21,22,23,24)/t9-,12-,13-,17?/m1/s1. The number of ether oxygens (including phenoxy) is 2. The molecule has 3 aromatic rings. The van der Waals surface area contributed by atoms with Crippen LogP contribution in [0.4, 0.5) is 14.6 Å². The van der Waals surface area contributed by atoms with E-state index in [0.29, 0.717) is 17.2 Å². The van der Waals surface area contributed by atoms with Crippen molar-refractivity contribution in [2.45, 2.75) is 31.1 Å². The van der Waals surface area contributed by atoms with Crippen LogP contribution in [0.5, 0.6) is 11.5 Å². The summed E-state index contributed by atoms with van der Waals surface area (Å²) in [6, 6.07) is 0.345. The average molecular weight is 505 g/mol. The van der Waals surface area contributed by atoms with Crippen LogP contribution in [0.2, 0.25) is 0 Å². The summed E-state index contributed by atoms with van der Waals surface area (Å²) in [6.07, 6.45) is -4.17. The van der Waals surface area contributed by atoms with Crippen molar-refractivity contribution in [1.82, 2.24) is 19.9 Å². The van der Waals surface area contributed by atoms with Gasteiger partial charge < -0.3 is 44.9 Å². The van der Waals surface area contributed by atoms with E-state index in [-0.39, 0.29) is 5.82 Å². The largest absolute Gasteiger partial charge is 0.504 e. The lowest BCUT2D eigenvalue weighted by Gasteiger charge is -2.21.